The van der Waals surface area contributed by atoms with Crippen LogP contribution in [0.4, 0.5) is 0 Å². The second-order valence-electron chi connectivity index (χ2n) is 3.06. The van der Waals surface area contributed by atoms with Gasteiger partial charge in [0.05, 0.1) is 5.25 Å². The Bertz CT molecular complexity index is 109. The molecule has 0 aromatic heterocycles. The zero-order valence-corrected chi connectivity index (χ0v) is 8.13. The standard InChI is InChI=1S/C7H13ClOS/c1-7(2,3)10-6(4-8)5-9/h5-6H,4H2,1-3H3. The molecule has 1 unspecified atom stereocenters. The summed E-state index contributed by atoms with van der Waals surface area (Å²) in [5.74, 6) is 0.408. The average Bonchev–Trinajstić information content (AvgIpc) is 1.81. The van der Waals surface area contributed by atoms with E-state index in [9.17, 15) is 4.79 Å². The van der Waals surface area contributed by atoms with Gasteiger partial charge in [0.1, 0.15) is 6.29 Å². The van der Waals surface area contributed by atoms with Crippen LogP contribution >= 0.6 is 23.4 Å². The number of thioether (sulfide) groups is 1. The first-order valence-corrected chi connectivity index (χ1v) is 4.60. The molecule has 0 spiro atoms. The third kappa shape index (κ3) is 5.12. The highest BCUT2D eigenvalue weighted by atomic mass is 35.5. The molecular weight excluding hydrogens is 168 g/mol. The minimum atomic E-state index is -0.0540. The van der Waals surface area contributed by atoms with Gasteiger partial charge in [-0.1, -0.05) is 20.8 Å². The van der Waals surface area contributed by atoms with Crippen molar-refractivity contribution in [3.8, 4) is 0 Å². The molecule has 0 saturated heterocycles. The lowest BCUT2D eigenvalue weighted by molar-refractivity contribution is -0.107. The van der Waals surface area contributed by atoms with Gasteiger partial charge < -0.3 is 4.79 Å². The summed E-state index contributed by atoms with van der Waals surface area (Å²) in [6.45, 7) is 6.21. The molecule has 0 aromatic rings. The molecule has 60 valence electrons. The Labute approximate surface area is 71.5 Å². The van der Waals surface area contributed by atoms with Crippen molar-refractivity contribution in [3.05, 3.63) is 0 Å². The summed E-state index contributed by atoms with van der Waals surface area (Å²) in [4.78, 5) is 10.3. The van der Waals surface area contributed by atoms with E-state index in [2.05, 4.69) is 20.8 Å². The number of halogens is 1. The van der Waals surface area contributed by atoms with Gasteiger partial charge in [-0.2, -0.15) is 0 Å². The van der Waals surface area contributed by atoms with Crippen LogP contribution in [0.25, 0.3) is 0 Å². The first kappa shape index (κ1) is 10.3. The van der Waals surface area contributed by atoms with Gasteiger partial charge in [-0.25, -0.2) is 0 Å². The van der Waals surface area contributed by atoms with Crippen LogP contribution in [0.15, 0.2) is 0 Å². The first-order chi connectivity index (χ1) is 4.49. The molecule has 0 aliphatic carbocycles. The third-order valence-corrected chi connectivity index (χ3v) is 2.61. The highest BCUT2D eigenvalue weighted by molar-refractivity contribution is 8.01. The summed E-state index contributed by atoms with van der Waals surface area (Å²) in [7, 11) is 0. The lowest BCUT2D eigenvalue weighted by atomic mass is 10.3. The van der Waals surface area contributed by atoms with Crippen molar-refractivity contribution in [3.63, 3.8) is 0 Å². The highest BCUT2D eigenvalue weighted by Crippen LogP contribution is 2.27. The minimum Gasteiger partial charge on any atom is -0.302 e. The van der Waals surface area contributed by atoms with E-state index in [1.165, 1.54) is 0 Å². The molecule has 1 nitrogen and oxygen atoms in total. The molecule has 0 bridgehead atoms. The summed E-state index contributed by atoms with van der Waals surface area (Å²) in [5.41, 5.74) is 0. The number of hydrogen-bond donors (Lipinski definition) is 0. The second-order valence-corrected chi connectivity index (χ2v) is 5.43. The van der Waals surface area contributed by atoms with E-state index in [0.29, 0.717) is 5.88 Å². The topological polar surface area (TPSA) is 17.1 Å². The smallest absolute Gasteiger partial charge is 0.134 e. The van der Waals surface area contributed by atoms with Gasteiger partial charge in [0.15, 0.2) is 0 Å². The van der Waals surface area contributed by atoms with Crippen LogP contribution in [0, 0.1) is 0 Å². The van der Waals surface area contributed by atoms with Gasteiger partial charge >= 0.3 is 0 Å². The molecule has 0 aliphatic rings. The maximum absolute atomic E-state index is 10.3. The van der Waals surface area contributed by atoms with E-state index < -0.39 is 0 Å². The summed E-state index contributed by atoms with van der Waals surface area (Å²) in [6.07, 6.45) is 0.906. The largest absolute Gasteiger partial charge is 0.302 e. The minimum absolute atomic E-state index is 0.0540. The molecule has 0 rings (SSSR count). The first-order valence-electron chi connectivity index (χ1n) is 3.18. The van der Waals surface area contributed by atoms with Gasteiger partial charge in [-0.15, -0.1) is 23.4 Å². The fraction of sp³-hybridized carbons (Fsp3) is 0.857. The molecule has 3 heteroatoms. The Kier molecular flexibility index (Phi) is 4.37. The molecule has 0 heterocycles. The van der Waals surface area contributed by atoms with E-state index in [1.54, 1.807) is 11.8 Å². The molecule has 0 radical (unpaired) electrons. The molecule has 0 saturated carbocycles. The van der Waals surface area contributed by atoms with Crippen molar-refractivity contribution in [1.82, 2.24) is 0 Å². The lowest BCUT2D eigenvalue weighted by Crippen LogP contribution is -2.17. The number of rotatable bonds is 3. The van der Waals surface area contributed by atoms with Crippen LogP contribution in [-0.4, -0.2) is 22.2 Å². The number of carbonyl (C=O) groups excluding carboxylic acids is 1. The van der Waals surface area contributed by atoms with Crippen LogP contribution in [0.5, 0.6) is 0 Å². The van der Waals surface area contributed by atoms with Crippen molar-refractivity contribution in [2.75, 3.05) is 5.88 Å². The number of hydrogen-bond acceptors (Lipinski definition) is 2. The van der Waals surface area contributed by atoms with Crippen molar-refractivity contribution < 1.29 is 4.79 Å². The Balaban J connectivity index is 3.74. The van der Waals surface area contributed by atoms with Crippen molar-refractivity contribution in [2.45, 2.75) is 30.8 Å². The zero-order chi connectivity index (χ0) is 8.20. The maximum Gasteiger partial charge on any atom is 0.134 e. The fourth-order valence-corrected chi connectivity index (χ4v) is 1.84. The van der Waals surface area contributed by atoms with E-state index >= 15 is 0 Å². The van der Waals surface area contributed by atoms with Gasteiger partial charge in [0.2, 0.25) is 0 Å². The van der Waals surface area contributed by atoms with Gasteiger partial charge in [0, 0.05) is 10.6 Å². The Morgan fingerprint density at radius 1 is 1.60 bits per heavy atom. The number of aldehydes is 1. The maximum atomic E-state index is 10.3. The quantitative estimate of drug-likeness (QED) is 0.490. The second kappa shape index (κ2) is 4.24. The summed E-state index contributed by atoms with van der Waals surface area (Å²) >= 11 is 7.12. The lowest BCUT2D eigenvalue weighted by Gasteiger charge is -2.20. The fourth-order valence-electron chi connectivity index (χ4n) is 0.550. The van der Waals surface area contributed by atoms with Gasteiger partial charge in [-0.3, -0.25) is 0 Å². The average molecular weight is 181 g/mol. The van der Waals surface area contributed by atoms with E-state index in [4.69, 9.17) is 11.6 Å². The third-order valence-electron chi connectivity index (χ3n) is 0.809. The highest BCUT2D eigenvalue weighted by Gasteiger charge is 2.17. The van der Waals surface area contributed by atoms with Crippen LogP contribution in [0.1, 0.15) is 20.8 Å². The normalized spacial score (nSPS) is 14.8. The molecule has 0 fully saturated rings. The summed E-state index contributed by atoms with van der Waals surface area (Å²) < 4.78 is 0.125. The van der Waals surface area contributed by atoms with E-state index in [1.807, 2.05) is 0 Å². The predicted octanol–water partition coefficient (Wildman–Crippen LogP) is 2.32. The molecule has 0 aliphatic heterocycles. The van der Waals surface area contributed by atoms with Crippen LogP contribution in [-0.2, 0) is 4.79 Å². The Morgan fingerprint density at radius 2 is 2.10 bits per heavy atom. The van der Waals surface area contributed by atoms with Gasteiger partial charge in [0.25, 0.3) is 0 Å². The van der Waals surface area contributed by atoms with E-state index in [0.717, 1.165) is 6.29 Å². The van der Waals surface area contributed by atoms with Crippen molar-refractivity contribution in [1.29, 1.82) is 0 Å². The SMILES string of the molecule is CC(C)(C)SC(C=O)CCl. The van der Waals surface area contributed by atoms with Crippen molar-refractivity contribution >= 4 is 29.6 Å². The van der Waals surface area contributed by atoms with Crippen molar-refractivity contribution in [2.24, 2.45) is 0 Å². The van der Waals surface area contributed by atoms with E-state index in [-0.39, 0.29) is 10.00 Å². The molecule has 0 amide bonds. The number of alkyl halides is 1. The molecule has 0 N–H and O–H groups in total. The molecule has 10 heavy (non-hydrogen) atoms. The van der Waals surface area contributed by atoms with Crippen LogP contribution < -0.4 is 0 Å². The Morgan fingerprint density at radius 3 is 2.20 bits per heavy atom. The summed E-state index contributed by atoms with van der Waals surface area (Å²) in [5, 5.41) is -0.0540. The number of carbonyl (C=O) groups is 1. The van der Waals surface area contributed by atoms with Crippen LogP contribution in [0.3, 0.4) is 0 Å². The molecular formula is C7H13ClOS. The molecule has 1 atom stereocenters. The molecule has 0 aromatic carbocycles. The monoisotopic (exact) mass is 180 g/mol. The Hall–Kier alpha value is 0.310. The predicted molar refractivity (Wildman–Crippen MR) is 47.9 cm³/mol. The zero-order valence-electron chi connectivity index (χ0n) is 6.56. The van der Waals surface area contributed by atoms with Crippen LogP contribution in [0.2, 0.25) is 0 Å². The summed E-state index contributed by atoms with van der Waals surface area (Å²) in [6, 6.07) is 0. The van der Waals surface area contributed by atoms with Gasteiger partial charge in [-0.05, 0) is 0 Å².